The monoisotopic (exact) mass is 473 g/mol. The Kier molecular flexibility index (Phi) is 10.3. The number of hydrogen-bond acceptors (Lipinski definition) is 6. The second-order valence-corrected chi connectivity index (χ2v) is 8.29. The van der Waals surface area contributed by atoms with E-state index in [1.54, 1.807) is 10.8 Å². The summed E-state index contributed by atoms with van der Waals surface area (Å²) in [7, 11) is -3.92. The molecule has 31 heavy (non-hydrogen) atoms. The minimum atomic E-state index is -3.92. The van der Waals surface area contributed by atoms with Gasteiger partial charge in [-0.1, -0.05) is 31.5 Å². The highest BCUT2D eigenvalue weighted by Gasteiger charge is 2.19. The van der Waals surface area contributed by atoms with Gasteiger partial charge in [0.1, 0.15) is 18.5 Å². The molecule has 1 amide bonds. The average Bonchev–Trinajstić information content (AvgIpc) is 2.69. The first-order valence-corrected chi connectivity index (χ1v) is 11.3. The number of sulfonamides is 1. The maximum Gasteiger partial charge on any atom is 0.267 e. The molecule has 0 saturated carbocycles. The van der Waals surface area contributed by atoms with E-state index >= 15 is 0 Å². The molecule has 0 aliphatic carbocycles. The molecule has 0 aromatic heterocycles. The number of halogens is 3. The third-order valence-corrected chi connectivity index (χ3v) is 4.48. The smallest absolute Gasteiger partial charge is 0.267 e. The molecule has 11 heteroatoms. The number of rotatable bonds is 7. The predicted molar refractivity (Wildman–Crippen MR) is 113 cm³/mol. The van der Waals surface area contributed by atoms with Crippen molar-refractivity contribution < 1.29 is 26.7 Å². The molecular weight excluding hydrogens is 452 g/mol. The molecule has 2 aromatic rings. The van der Waals surface area contributed by atoms with Crippen LogP contribution in [-0.4, -0.2) is 33.7 Å². The summed E-state index contributed by atoms with van der Waals surface area (Å²) in [5.74, 6) is -3.99. The Morgan fingerprint density at radius 3 is 2.32 bits per heavy atom. The number of nitrogens with zero attached hydrogens (tertiary/aromatic N) is 1. The third-order valence-electron chi connectivity index (χ3n) is 3.59. The molecule has 0 atom stereocenters. The third kappa shape index (κ3) is 8.88. The molecular formula is C20H22ClF2N3O4S. The second-order valence-electron chi connectivity index (χ2n) is 6.14. The van der Waals surface area contributed by atoms with Crippen molar-refractivity contribution in [2.24, 2.45) is 0 Å². The zero-order chi connectivity index (χ0) is 23.6. The maximum atomic E-state index is 14.0. The Labute approximate surface area is 185 Å². The van der Waals surface area contributed by atoms with Crippen molar-refractivity contribution in [3.8, 4) is 11.8 Å². The lowest BCUT2D eigenvalue weighted by Gasteiger charge is -2.10. The highest BCUT2D eigenvalue weighted by molar-refractivity contribution is 7.89. The summed E-state index contributed by atoms with van der Waals surface area (Å²) in [5, 5.41) is 12.3. The van der Waals surface area contributed by atoms with E-state index in [0.29, 0.717) is 24.0 Å². The SMILES string of the molecule is CCNCC.CS(=O)(=O)NC(=O)c1cc(F)c(OCc2ccc(Cl)c(C#N)c2)cc1F. The van der Waals surface area contributed by atoms with Crippen molar-refractivity contribution >= 4 is 27.5 Å². The normalized spacial score (nSPS) is 10.5. The van der Waals surface area contributed by atoms with Gasteiger partial charge in [-0.15, -0.1) is 0 Å². The summed E-state index contributed by atoms with van der Waals surface area (Å²) in [6.07, 6.45) is 0.707. The Balaban J connectivity index is 0.000000861. The quantitative estimate of drug-likeness (QED) is 0.638. The topological polar surface area (TPSA) is 108 Å². The first kappa shape index (κ1) is 26.3. The largest absolute Gasteiger partial charge is 0.486 e. The Morgan fingerprint density at radius 1 is 1.16 bits per heavy atom. The van der Waals surface area contributed by atoms with Crippen molar-refractivity contribution in [3.63, 3.8) is 0 Å². The van der Waals surface area contributed by atoms with E-state index in [2.05, 4.69) is 19.2 Å². The Bertz CT molecular complexity index is 1070. The minimum Gasteiger partial charge on any atom is -0.486 e. The molecule has 2 aromatic carbocycles. The van der Waals surface area contributed by atoms with Gasteiger partial charge >= 0.3 is 0 Å². The van der Waals surface area contributed by atoms with Crippen LogP contribution in [0, 0.1) is 23.0 Å². The van der Waals surface area contributed by atoms with Gasteiger partial charge in [-0.2, -0.15) is 5.26 Å². The summed E-state index contributed by atoms with van der Waals surface area (Å²) < 4.78 is 56.8. The van der Waals surface area contributed by atoms with E-state index in [1.165, 1.54) is 12.1 Å². The minimum absolute atomic E-state index is 0.183. The highest BCUT2D eigenvalue weighted by Crippen LogP contribution is 2.24. The van der Waals surface area contributed by atoms with Crippen LogP contribution in [0.5, 0.6) is 5.75 Å². The fourth-order valence-electron chi connectivity index (χ4n) is 2.20. The van der Waals surface area contributed by atoms with E-state index in [9.17, 15) is 22.0 Å². The molecule has 2 rings (SSSR count). The van der Waals surface area contributed by atoms with Crippen LogP contribution in [0.2, 0.25) is 5.02 Å². The van der Waals surface area contributed by atoms with Crippen molar-refractivity contribution in [3.05, 3.63) is 63.7 Å². The summed E-state index contributed by atoms with van der Waals surface area (Å²) in [6.45, 7) is 6.21. The summed E-state index contributed by atoms with van der Waals surface area (Å²) in [6, 6.07) is 7.49. The molecule has 0 radical (unpaired) electrons. The van der Waals surface area contributed by atoms with Crippen LogP contribution in [0.25, 0.3) is 0 Å². The van der Waals surface area contributed by atoms with Gasteiger partial charge < -0.3 is 10.1 Å². The molecule has 168 valence electrons. The molecule has 0 heterocycles. The van der Waals surface area contributed by atoms with Crippen molar-refractivity contribution in [1.29, 1.82) is 5.26 Å². The van der Waals surface area contributed by atoms with Crippen LogP contribution in [-0.2, 0) is 16.6 Å². The number of ether oxygens (including phenoxy) is 1. The van der Waals surface area contributed by atoms with E-state index < -0.39 is 38.9 Å². The number of nitriles is 1. The fraction of sp³-hybridized carbons (Fsp3) is 0.300. The van der Waals surface area contributed by atoms with E-state index in [1.807, 2.05) is 6.07 Å². The number of benzene rings is 2. The van der Waals surface area contributed by atoms with Crippen molar-refractivity contribution in [1.82, 2.24) is 10.0 Å². The zero-order valence-corrected chi connectivity index (χ0v) is 18.7. The number of carbonyl (C=O) groups is 1. The first-order chi connectivity index (χ1) is 14.5. The van der Waals surface area contributed by atoms with Crippen LogP contribution in [0.15, 0.2) is 30.3 Å². The molecule has 0 aliphatic rings. The molecule has 0 saturated heterocycles. The van der Waals surface area contributed by atoms with Gasteiger partial charge in [0.25, 0.3) is 5.91 Å². The molecule has 7 nitrogen and oxygen atoms in total. The average molecular weight is 474 g/mol. The molecule has 0 aliphatic heterocycles. The van der Waals surface area contributed by atoms with Gasteiger partial charge in [0.2, 0.25) is 10.0 Å². The lowest BCUT2D eigenvalue weighted by molar-refractivity contribution is 0.0977. The predicted octanol–water partition coefficient (Wildman–Crippen LogP) is 3.37. The van der Waals surface area contributed by atoms with Gasteiger partial charge in [0.15, 0.2) is 11.6 Å². The number of amides is 1. The van der Waals surface area contributed by atoms with Gasteiger partial charge in [0.05, 0.1) is 22.4 Å². The van der Waals surface area contributed by atoms with Crippen LogP contribution in [0.1, 0.15) is 35.3 Å². The van der Waals surface area contributed by atoms with Gasteiger partial charge in [-0.25, -0.2) is 21.9 Å². The number of nitrogens with one attached hydrogen (secondary N) is 2. The maximum absolute atomic E-state index is 14.0. The highest BCUT2D eigenvalue weighted by atomic mass is 35.5. The van der Waals surface area contributed by atoms with E-state index in [4.69, 9.17) is 21.6 Å². The molecule has 0 bridgehead atoms. The van der Waals surface area contributed by atoms with Gasteiger partial charge in [0, 0.05) is 6.07 Å². The van der Waals surface area contributed by atoms with Crippen LogP contribution < -0.4 is 14.8 Å². The van der Waals surface area contributed by atoms with Crippen molar-refractivity contribution in [2.75, 3.05) is 19.3 Å². The van der Waals surface area contributed by atoms with E-state index in [-0.39, 0.29) is 17.2 Å². The Morgan fingerprint density at radius 2 is 1.81 bits per heavy atom. The lowest BCUT2D eigenvalue weighted by Crippen LogP contribution is -2.30. The molecule has 0 spiro atoms. The summed E-state index contributed by atoms with van der Waals surface area (Å²) in [5.41, 5.74) is -0.0876. The van der Waals surface area contributed by atoms with Crippen molar-refractivity contribution in [2.45, 2.75) is 20.5 Å². The fourth-order valence-corrected chi connectivity index (χ4v) is 2.80. The number of carbonyl (C=O) groups excluding carboxylic acids is 1. The number of hydrogen-bond donors (Lipinski definition) is 2. The second kappa shape index (κ2) is 12.2. The summed E-state index contributed by atoms with van der Waals surface area (Å²) in [4.78, 5) is 11.6. The lowest BCUT2D eigenvalue weighted by atomic mass is 10.1. The van der Waals surface area contributed by atoms with Gasteiger partial charge in [-0.3, -0.25) is 4.79 Å². The molecule has 2 N–H and O–H groups in total. The standard InChI is InChI=1S/C16H11ClF2N2O4S.C4H11N/c1-26(23,24)21-16(22)11-5-14(19)15(6-13(11)18)25-8-9-2-3-12(17)10(4-9)7-20;1-3-5-4-2/h2-6H,8H2,1H3,(H,21,22);5H,3-4H2,1-2H3. The summed E-state index contributed by atoms with van der Waals surface area (Å²) >= 11 is 5.80. The molecule has 0 unspecified atom stereocenters. The van der Waals surface area contributed by atoms with Crippen LogP contribution in [0.4, 0.5) is 8.78 Å². The van der Waals surface area contributed by atoms with Gasteiger partial charge in [-0.05, 0) is 36.9 Å². The van der Waals surface area contributed by atoms with E-state index in [0.717, 1.165) is 13.1 Å². The van der Waals surface area contributed by atoms with Crippen LogP contribution in [0.3, 0.4) is 0 Å². The van der Waals surface area contributed by atoms with Crippen LogP contribution >= 0.6 is 11.6 Å². The first-order valence-electron chi connectivity index (χ1n) is 9.05. The Hall–Kier alpha value is -2.74. The molecule has 0 fully saturated rings. The zero-order valence-electron chi connectivity index (χ0n) is 17.1.